The Hall–Kier alpha value is -13.7. The summed E-state index contributed by atoms with van der Waals surface area (Å²) in [5, 5.41) is 12.1. The summed E-state index contributed by atoms with van der Waals surface area (Å²) < 4.78 is 20.3. The van der Waals surface area contributed by atoms with E-state index in [1.54, 1.807) is 11.1 Å². The van der Waals surface area contributed by atoms with E-state index in [2.05, 4.69) is 432 Å². The summed E-state index contributed by atoms with van der Waals surface area (Å²) in [7, 11) is -3.66. The largest absolute Gasteiger partial charge is 0.309 e. The molecule has 0 amide bonds. The minimum Gasteiger partial charge on any atom is -0.309 e. The van der Waals surface area contributed by atoms with Crippen molar-refractivity contribution in [3.63, 3.8) is 0 Å². The van der Waals surface area contributed by atoms with Crippen molar-refractivity contribution in [2.75, 3.05) is 0 Å². The van der Waals surface area contributed by atoms with E-state index in [9.17, 15) is 0 Å². The van der Waals surface area contributed by atoms with Crippen LogP contribution in [-0.4, -0.2) is 22.6 Å². The van der Waals surface area contributed by atoms with Gasteiger partial charge in [0.1, 0.15) is 0 Å². The summed E-state index contributed by atoms with van der Waals surface area (Å²) >= 11 is 0. The molecular weight excluding hydrogens is 1810 g/mol. The Morgan fingerprint density at radius 2 is 0.483 bits per heavy atom. The number of hydrogen-bond acceptors (Lipinski definition) is 1. The molecule has 0 aliphatic heterocycles. The first-order valence-electron chi connectivity index (χ1n) is 54.1. The van der Waals surface area contributed by atoms with Gasteiger partial charge in [-0.3, -0.25) is 0 Å². The van der Waals surface area contributed by atoms with E-state index in [0.717, 1.165) is 39.6 Å². The van der Waals surface area contributed by atoms with Gasteiger partial charge in [0.05, 0.1) is 22.1 Å². The highest BCUT2D eigenvalue weighted by atomic mass is 31.2. The first-order valence-corrected chi connectivity index (χ1v) is 57.1. The lowest BCUT2D eigenvalue weighted by atomic mass is 9.34. The lowest BCUT2D eigenvalue weighted by molar-refractivity contribution is -0.0282. The van der Waals surface area contributed by atoms with Crippen molar-refractivity contribution in [3.05, 3.63) is 489 Å². The number of hydrogen-bond donors (Lipinski definition) is 0. The number of fused-ring (bicyclic) bond motifs is 6. The molecule has 28 rings (SSSR count). The molecule has 147 heavy (non-hydrogen) atoms. The maximum Gasteiger partial charge on any atom is 0.242 e. The van der Waals surface area contributed by atoms with Crippen LogP contribution < -0.4 is 64.6 Å². The molecule has 2 aromatic heterocycles. The van der Waals surface area contributed by atoms with Gasteiger partial charge in [0.2, 0.25) is 13.4 Å². The van der Waals surface area contributed by atoms with E-state index in [-0.39, 0.29) is 35.1 Å². The molecule has 20 aromatic rings. The van der Waals surface area contributed by atoms with Crippen LogP contribution in [0, 0.1) is 107 Å². The van der Waals surface area contributed by atoms with Crippen LogP contribution in [0.1, 0.15) is 166 Å². The summed E-state index contributed by atoms with van der Waals surface area (Å²) in [6, 6.07) is 151. The smallest absolute Gasteiger partial charge is 0.242 e. The van der Waals surface area contributed by atoms with Gasteiger partial charge in [-0.25, -0.2) is 0 Å². The number of aryl methyl sites for hydroxylation is 12. The van der Waals surface area contributed by atoms with E-state index >= 15 is 4.57 Å². The maximum atomic E-state index is 15.3. The fourth-order valence-electron chi connectivity index (χ4n) is 31.3. The van der Waals surface area contributed by atoms with Crippen molar-refractivity contribution in [1.82, 2.24) is 9.13 Å². The Bertz CT molecular complexity index is 8220. The zero-order chi connectivity index (χ0) is 100. The topological polar surface area (TPSA) is 26.9 Å². The number of benzene rings is 18. The molecule has 8 aliphatic rings. The molecule has 8 aliphatic carbocycles. The Morgan fingerprint density at radius 3 is 0.782 bits per heavy atom. The van der Waals surface area contributed by atoms with Crippen molar-refractivity contribution in [3.8, 4) is 33.6 Å². The standard InChI is InChI=1S/C70H65BNOP.C70H65BNP/c1-46-34-48(3)67(49(4)35-46)71(68-50(5)36-47(2)37-51(68)6)58-29-33-66-64(40-58)63-39-55(24-32-65(63)72(66)59-16-10-7-11-17-59)54-22-25-56(26-23-54)69-41-52-38-53(42-69)44-70(43-52,45-69)57-27-30-62(31-28-57)74(73,60-18-12-8-13-19-60)61-20-14-9-15-21-61;1-46-34-48(3)67(49(4)35-46)71(68-50(5)36-47(2)37-51(68)6)58-29-33-66-64(40-58)63-39-55(24-32-65(63)72(66)59-16-10-7-11-17-59)54-22-25-56(26-23-54)69-41-52-38-53(42-69)44-70(43-52,45-69)57-27-30-62(31-28-57)73(60-18-12-8-13-19-60)61-20-14-9-15-21-61/h7-37,39-40,52-53H,38,41-45H2,1-6H3;7-37,39-40,52-53H,38,41-45H2,1-6H3. The first kappa shape index (κ1) is 94.3. The Morgan fingerprint density at radius 1 is 0.245 bits per heavy atom. The van der Waals surface area contributed by atoms with Crippen LogP contribution in [0.2, 0.25) is 0 Å². The second kappa shape index (κ2) is 37.3. The molecule has 2 heterocycles. The van der Waals surface area contributed by atoms with Gasteiger partial charge in [0.25, 0.3) is 0 Å². The number of nitrogens with zero attached hydrogens (tertiary/aromatic N) is 2. The van der Waals surface area contributed by atoms with Gasteiger partial charge < -0.3 is 13.7 Å². The molecule has 8 fully saturated rings. The molecule has 8 saturated carbocycles. The third kappa shape index (κ3) is 16.6. The van der Waals surface area contributed by atoms with Gasteiger partial charge in [-0.2, -0.15) is 0 Å². The Labute approximate surface area is 872 Å². The fourth-order valence-corrected chi connectivity index (χ4v) is 36.2. The molecule has 0 radical (unpaired) electrons. The van der Waals surface area contributed by atoms with Gasteiger partial charge in [0, 0.05) is 48.8 Å². The van der Waals surface area contributed by atoms with Crippen molar-refractivity contribution in [1.29, 1.82) is 0 Å². The molecule has 0 spiro atoms. The van der Waals surface area contributed by atoms with Crippen LogP contribution in [0.3, 0.4) is 0 Å². The summed E-state index contributed by atoms with van der Waals surface area (Å²) in [6.07, 6.45) is 15.6. The molecule has 4 unspecified atom stereocenters. The van der Waals surface area contributed by atoms with E-state index in [4.69, 9.17) is 0 Å². The summed E-state index contributed by atoms with van der Waals surface area (Å²) in [5.74, 6) is 3.03. The third-order valence-corrected chi connectivity index (χ3v) is 41.5. The fraction of sp³-hybridized carbons (Fsp3) is 0.229. The number of para-hydroxylation sites is 2. The van der Waals surface area contributed by atoms with E-state index < -0.39 is 15.1 Å². The van der Waals surface area contributed by atoms with Crippen molar-refractivity contribution >= 4 is 137 Å². The van der Waals surface area contributed by atoms with Gasteiger partial charge in [0.15, 0.2) is 7.14 Å². The van der Waals surface area contributed by atoms with Gasteiger partial charge >= 0.3 is 0 Å². The zero-order valence-electron chi connectivity index (χ0n) is 87.3. The van der Waals surface area contributed by atoms with Crippen molar-refractivity contribution in [2.45, 2.75) is 182 Å². The minimum absolute atomic E-state index is 0.0902. The average Bonchev–Trinajstić information content (AvgIpc) is 1.57. The summed E-state index contributed by atoms with van der Waals surface area (Å²) in [4.78, 5) is 0. The highest BCUT2D eigenvalue weighted by Gasteiger charge is 2.61. The van der Waals surface area contributed by atoms with Crippen LogP contribution in [0.25, 0.3) is 77.2 Å². The number of rotatable bonds is 20. The summed E-state index contributed by atoms with van der Waals surface area (Å²) in [5.41, 5.74) is 43.6. The lowest BCUT2D eigenvalue weighted by Crippen LogP contribution is -2.56. The van der Waals surface area contributed by atoms with E-state index in [1.807, 2.05) is 60.7 Å². The molecule has 722 valence electrons. The maximum absolute atomic E-state index is 15.3. The van der Waals surface area contributed by atoms with Crippen molar-refractivity contribution in [2.24, 2.45) is 23.7 Å². The zero-order valence-corrected chi connectivity index (χ0v) is 89.0. The van der Waals surface area contributed by atoms with Crippen LogP contribution >= 0.6 is 15.1 Å². The molecule has 18 aromatic carbocycles. The predicted octanol–water partition coefficient (Wildman–Crippen LogP) is 28.6. The quantitative estimate of drug-likeness (QED) is 0.0552. The van der Waals surface area contributed by atoms with E-state index in [0.29, 0.717) is 0 Å². The SMILES string of the molecule is Cc1cc(C)c(B(c2ccc3c(c2)c2cc(-c4ccc(C56CC7CC(C5)CC(c5ccc(P(=O)(c8ccccc8)c8ccccc8)cc5)(C7)C6)cc4)ccc2n3-c2ccccc2)c2c(C)cc(C)cc2C)c(C)c1.Cc1cc(C)c(B(c2ccc3c(c2)c2cc(-c4ccc(C56CC7CC(C5)CC(c5ccc(P(c8ccccc8)c8ccccc8)cc5)(C7)C6)cc4)ccc2n3-c2ccccc2)c2c(C)cc(C)cc2C)c(C)c1. The molecule has 3 nitrogen and oxygen atoms in total. The molecule has 0 saturated heterocycles. The van der Waals surface area contributed by atoms with E-state index in [1.165, 1.54) is 281 Å². The van der Waals surface area contributed by atoms with Gasteiger partial charge in [-0.05, 0) is 334 Å². The molecule has 8 bridgehead atoms. The second-order valence-electron chi connectivity index (χ2n) is 46.1. The normalized spacial score (nSPS) is 20.1. The van der Waals surface area contributed by atoms with Crippen LogP contribution in [0.4, 0.5) is 0 Å². The Kier molecular flexibility index (Phi) is 24.0. The third-order valence-electron chi connectivity index (χ3n) is 36.0. The lowest BCUT2D eigenvalue weighted by Gasteiger charge is -2.63. The highest BCUT2D eigenvalue weighted by Crippen LogP contribution is 2.68. The molecular formula is C140H130B2N2OP2. The summed E-state index contributed by atoms with van der Waals surface area (Å²) in [6.45, 7) is 27.5. The number of aromatic nitrogens is 2. The van der Waals surface area contributed by atoms with Crippen LogP contribution in [-0.2, 0) is 26.2 Å². The highest BCUT2D eigenvalue weighted by molar-refractivity contribution is 7.85. The predicted molar refractivity (Wildman–Crippen MR) is 631 cm³/mol. The average molecular weight is 1940 g/mol. The van der Waals surface area contributed by atoms with Crippen LogP contribution in [0.5, 0.6) is 0 Å². The Balaban J connectivity index is 0.000000153. The van der Waals surface area contributed by atoms with Gasteiger partial charge in [-0.1, -0.05) is 439 Å². The first-order chi connectivity index (χ1) is 71.4. The minimum atomic E-state index is -3.04. The van der Waals surface area contributed by atoms with Crippen LogP contribution in [0.15, 0.2) is 400 Å². The molecule has 0 N–H and O–H groups in total. The second-order valence-corrected chi connectivity index (χ2v) is 51.0. The molecule has 7 heteroatoms. The molecule has 4 atom stereocenters. The van der Waals surface area contributed by atoms with Crippen molar-refractivity contribution < 1.29 is 4.57 Å². The van der Waals surface area contributed by atoms with Gasteiger partial charge in [-0.15, -0.1) is 0 Å². The monoisotopic (exact) mass is 1940 g/mol.